The number of nitrogens with two attached hydrogens (primary N) is 1. The molecule has 8 nitrogen and oxygen atoms in total. The number of carbonyl (C=O) groups is 1. The number of para-hydroxylation sites is 1. The Morgan fingerprint density at radius 2 is 1.79 bits per heavy atom. The zero-order valence-electron chi connectivity index (χ0n) is 18.3. The Kier molecular flexibility index (Phi) is 6.61. The second-order valence-electron chi connectivity index (χ2n) is 7.56. The van der Waals surface area contributed by atoms with E-state index in [1.54, 1.807) is 11.6 Å². The summed E-state index contributed by atoms with van der Waals surface area (Å²) < 4.78 is 16.1. The van der Waals surface area contributed by atoms with Crippen molar-refractivity contribution in [2.75, 3.05) is 12.3 Å². The number of aryl methyl sites for hydroxylation is 2. The van der Waals surface area contributed by atoms with Gasteiger partial charge in [0.25, 0.3) is 5.91 Å². The Labute approximate surface area is 200 Å². The van der Waals surface area contributed by atoms with Crippen LogP contribution < -0.4 is 11.1 Å². The monoisotopic (exact) mass is 477 g/mol. The molecule has 2 aromatic heterocycles. The van der Waals surface area contributed by atoms with Crippen LogP contribution in [0.15, 0.2) is 54.6 Å². The minimum absolute atomic E-state index is 0.141. The molecule has 34 heavy (non-hydrogen) atoms. The van der Waals surface area contributed by atoms with Gasteiger partial charge in [0, 0.05) is 6.54 Å². The van der Waals surface area contributed by atoms with Crippen LogP contribution in [0.3, 0.4) is 0 Å². The molecule has 2 aromatic carbocycles. The number of aromatic nitrogens is 4. The summed E-state index contributed by atoms with van der Waals surface area (Å²) in [6, 6.07) is 17.1. The largest absolute Gasteiger partial charge is 0.382 e. The first kappa shape index (κ1) is 23.0. The van der Waals surface area contributed by atoms with Gasteiger partial charge in [-0.15, -0.1) is 0 Å². The maximum absolute atomic E-state index is 13.2. The molecule has 0 atom stereocenters. The molecule has 0 aliphatic carbocycles. The van der Waals surface area contributed by atoms with Crippen LogP contribution in [0.25, 0.3) is 11.4 Å². The quantitative estimate of drug-likeness (QED) is 0.391. The van der Waals surface area contributed by atoms with Gasteiger partial charge in [-0.2, -0.15) is 15.5 Å². The first-order valence-corrected chi connectivity index (χ1v) is 10.9. The first-order chi connectivity index (χ1) is 16.4. The van der Waals surface area contributed by atoms with Crippen molar-refractivity contribution in [3.8, 4) is 17.4 Å². The number of amides is 1. The summed E-state index contributed by atoms with van der Waals surface area (Å²) >= 11 is 6.41. The summed E-state index contributed by atoms with van der Waals surface area (Å²) in [4.78, 5) is 12.8. The van der Waals surface area contributed by atoms with Crippen LogP contribution in [0.5, 0.6) is 0 Å². The smallest absolute Gasteiger partial charge is 0.256 e. The van der Waals surface area contributed by atoms with Gasteiger partial charge in [0.05, 0.1) is 28.3 Å². The van der Waals surface area contributed by atoms with Crippen LogP contribution in [0.2, 0.25) is 5.15 Å². The second-order valence-corrected chi connectivity index (χ2v) is 7.92. The molecule has 0 saturated carbocycles. The number of nitrogen functional groups attached to an aromatic ring is 1. The van der Waals surface area contributed by atoms with E-state index in [0.717, 1.165) is 5.69 Å². The Morgan fingerprint density at radius 1 is 1.12 bits per heavy atom. The summed E-state index contributed by atoms with van der Waals surface area (Å²) in [6.45, 7) is 2.01. The molecular formula is C24H21ClFN7O. The summed E-state index contributed by atoms with van der Waals surface area (Å²) in [5.41, 5.74) is 9.04. The van der Waals surface area contributed by atoms with Gasteiger partial charge in [-0.1, -0.05) is 29.8 Å². The van der Waals surface area contributed by atoms with Crippen LogP contribution in [-0.2, 0) is 6.42 Å². The Balaban J connectivity index is 1.42. The number of anilines is 1. The van der Waals surface area contributed by atoms with Crippen molar-refractivity contribution in [1.29, 1.82) is 5.26 Å². The third kappa shape index (κ3) is 4.49. The average Bonchev–Trinajstić information content (AvgIpc) is 3.32. The van der Waals surface area contributed by atoms with Gasteiger partial charge in [0.2, 0.25) is 0 Å². The van der Waals surface area contributed by atoms with Gasteiger partial charge in [0.15, 0.2) is 0 Å². The average molecular weight is 478 g/mol. The lowest BCUT2D eigenvalue weighted by Crippen LogP contribution is -2.25. The third-order valence-corrected chi connectivity index (χ3v) is 5.63. The normalized spacial score (nSPS) is 10.8. The Morgan fingerprint density at radius 3 is 2.47 bits per heavy atom. The van der Waals surface area contributed by atoms with Crippen molar-refractivity contribution in [2.24, 2.45) is 0 Å². The van der Waals surface area contributed by atoms with E-state index in [9.17, 15) is 14.4 Å². The van der Waals surface area contributed by atoms with Crippen LogP contribution in [0, 0.1) is 24.1 Å². The van der Waals surface area contributed by atoms with Gasteiger partial charge in [-0.25, -0.2) is 13.8 Å². The number of hydrogen-bond acceptors (Lipinski definition) is 5. The SMILES string of the molecule is Cc1nn(-c2ccc(F)cc2)c(Cl)c1C(=O)NCCCc1nn(-c2ccccc2)c(N)c1C#N. The molecule has 10 heteroatoms. The number of halogens is 2. The predicted molar refractivity (Wildman–Crippen MR) is 127 cm³/mol. The molecule has 0 saturated heterocycles. The maximum Gasteiger partial charge on any atom is 0.256 e. The van der Waals surface area contributed by atoms with E-state index < -0.39 is 0 Å². The van der Waals surface area contributed by atoms with Crippen LogP contribution in [0.1, 0.15) is 33.7 Å². The molecule has 2 heterocycles. The molecule has 0 aliphatic rings. The molecule has 0 bridgehead atoms. The summed E-state index contributed by atoms with van der Waals surface area (Å²) in [6.07, 6.45) is 0.989. The lowest BCUT2D eigenvalue weighted by molar-refractivity contribution is 0.0952. The fourth-order valence-electron chi connectivity index (χ4n) is 3.60. The van der Waals surface area contributed by atoms with Crippen molar-refractivity contribution in [2.45, 2.75) is 19.8 Å². The van der Waals surface area contributed by atoms with Crippen LogP contribution >= 0.6 is 11.6 Å². The van der Waals surface area contributed by atoms with Gasteiger partial charge >= 0.3 is 0 Å². The first-order valence-electron chi connectivity index (χ1n) is 10.5. The van der Waals surface area contributed by atoms with Crippen molar-refractivity contribution in [3.05, 3.63) is 88.1 Å². The minimum Gasteiger partial charge on any atom is -0.382 e. The zero-order valence-corrected chi connectivity index (χ0v) is 19.1. The molecule has 0 radical (unpaired) electrons. The Bertz CT molecular complexity index is 1370. The second kappa shape index (κ2) is 9.77. The highest BCUT2D eigenvalue weighted by Gasteiger charge is 2.21. The van der Waals surface area contributed by atoms with Gasteiger partial charge in [-0.3, -0.25) is 4.79 Å². The highest BCUT2D eigenvalue weighted by atomic mass is 35.5. The molecule has 0 unspecified atom stereocenters. The molecule has 0 fully saturated rings. The van der Waals surface area contributed by atoms with E-state index >= 15 is 0 Å². The highest BCUT2D eigenvalue weighted by molar-refractivity contribution is 6.33. The molecule has 172 valence electrons. The lowest BCUT2D eigenvalue weighted by Gasteiger charge is -2.06. The van der Waals surface area contributed by atoms with E-state index in [1.165, 1.54) is 28.9 Å². The van der Waals surface area contributed by atoms with Crippen molar-refractivity contribution >= 4 is 23.3 Å². The molecule has 0 spiro atoms. The molecular weight excluding hydrogens is 457 g/mol. The maximum atomic E-state index is 13.2. The van der Waals surface area contributed by atoms with Gasteiger partial charge in [0.1, 0.15) is 28.4 Å². The molecule has 4 aromatic rings. The number of benzene rings is 2. The standard InChI is InChI=1S/C24H21ClFN7O/c1-15-21(22(25)32(30-15)18-11-9-16(26)10-12-18)24(34)29-13-5-8-20-19(14-27)23(28)33(31-20)17-6-3-2-4-7-17/h2-4,6-7,9-12H,5,8,13,28H2,1H3,(H,29,34). The van der Waals surface area contributed by atoms with Crippen molar-refractivity contribution in [1.82, 2.24) is 24.9 Å². The summed E-state index contributed by atoms with van der Waals surface area (Å²) in [5.74, 6) is -0.467. The number of nitriles is 1. The Hall–Kier alpha value is -4.16. The fraction of sp³-hybridized carbons (Fsp3) is 0.167. The number of nitrogens with zero attached hydrogens (tertiary/aromatic N) is 5. The van der Waals surface area contributed by atoms with E-state index in [1.807, 2.05) is 30.3 Å². The highest BCUT2D eigenvalue weighted by Crippen LogP contribution is 2.24. The topological polar surface area (TPSA) is 115 Å². The van der Waals surface area contributed by atoms with E-state index in [-0.39, 0.29) is 28.3 Å². The van der Waals surface area contributed by atoms with Gasteiger partial charge < -0.3 is 11.1 Å². The van der Waals surface area contributed by atoms with Crippen molar-refractivity contribution < 1.29 is 9.18 Å². The van der Waals surface area contributed by atoms with Crippen molar-refractivity contribution in [3.63, 3.8) is 0 Å². The molecule has 0 aliphatic heterocycles. The van der Waals surface area contributed by atoms with Crippen LogP contribution in [0.4, 0.5) is 10.2 Å². The zero-order chi connectivity index (χ0) is 24.2. The molecule has 1 amide bonds. The molecule has 4 rings (SSSR count). The predicted octanol–water partition coefficient (Wildman–Crippen LogP) is 3.98. The van der Waals surface area contributed by atoms with E-state index in [4.69, 9.17) is 17.3 Å². The number of rotatable bonds is 7. The lowest BCUT2D eigenvalue weighted by atomic mass is 10.1. The van der Waals surface area contributed by atoms with E-state index in [0.29, 0.717) is 42.0 Å². The number of carbonyl (C=O) groups excluding carboxylic acids is 1. The van der Waals surface area contributed by atoms with Gasteiger partial charge in [-0.05, 0) is 56.2 Å². The summed E-state index contributed by atoms with van der Waals surface area (Å²) in [5, 5.41) is 21.3. The third-order valence-electron chi connectivity index (χ3n) is 5.28. The van der Waals surface area contributed by atoms with E-state index in [2.05, 4.69) is 21.6 Å². The number of hydrogen-bond donors (Lipinski definition) is 2. The van der Waals surface area contributed by atoms with Crippen LogP contribution in [-0.4, -0.2) is 32.0 Å². The fourth-order valence-corrected chi connectivity index (χ4v) is 3.96. The summed E-state index contributed by atoms with van der Waals surface area (Å²) in [7, 11) is 0. The molecule has 3 N–H and O–H groups in total. The minimum atomic E-state index is -0.378. The number of nitrogens with one attached hydrogen (secondary N) is 1.